The van der Waals surface area contributed by atoms with E-state index in [1.165, 1.54) is 35.6 Å². The van der Waals surface area contributed by atoms with Gasteiger partial charge in [-0.2, -0.15) is 4.72 Å². The Bertz CT molecular complexity index is 1880. The summed E-state index contributed by atoms with van der Waals surface area (Å²) >= 11 is 7.38. The minimum Gasteiger partial charge on any atom is -0.480 e. The Morgan fingerprint density at radius 3 is 2.11 bits per heavy atom. The molecule has 1 unspecified atom stereocenters. The topological polar surface area (TPSA) is 151 Å². The van der Waals surface area contributed by atoms with Crippen LogP contribution < -0.4 is 15.8 Å². The van der Waals surface area contributed by atoms with Crippen LogP contribution in [-0.2, 0) is 27.8 Å². The molecule has 9 nitrogen and oxygen atoms in total. The predicted molar refractivity (Wildman–Crippen MR) is 172 cm³/mol. The van der Waals surface area contributed by atoms with Crippen LogP contribution >= 0.6 is 22.9 Å². The van der Waals surface area contributed by atoms with Gasteiger partial charge in [0.15, 0.2) is 5.13 Å². The van der Waals surface area contributed by atoms with Crippen molar-refractivity contribution < 1.29 is 23.1 Å². The predicted octanol–water partition coefficient (Wildman–Crippen LogP) is 5.82. The van der Waals surface area contributed by atoms with Crippen LogP contribution in [0, 0.1) is 0 Å². The molecule has 0 aliphatic heterocycles. The Morgan fingerprint density at radius 1 is 0.864 bits per heavy atom. The number of benzene rings is 4. The number of nitrogens with one attached hydrogen (secondary N) is 2. The zero-order chi connectivity index (χ0) is 31.3. The van der Waals surface area contributed by atoms with E-state index in [1.54, 1.807) is 42.5 Å². The average Bonchev–Trinajstić information content (AvgIpc) is 3.45. The van der Waals surface area contributed by atoms with Crippen LogP contribution in [0.5, 0.6) is 0 Å². The minimum absolute atomic E-state index is 0.0269. The number of aromatic nitrogens is 1. The van der Waals surface area contributed by atoms with Crippen LogP contribution in [-0.4, -0.2) is 36.4 Å². The first-order valence-corrected chi connectivity index (χ1v) is 16.1. The second-order valence-corrected chi connectivity index (χ2v) is 12.9. The van der Waals surface area contributed by atoms with Crippen molar-refractivity contribution in [2.75, 3.05) is 5.32 Å². The molecular weight excluding hydrogens is 620 g/mol. The average molecular weight is 647 g/mol. The highest BCUT2D eigenvalue weighted by Gasteiger charge is 2.26. The monoisotopic (exact) mass is 646 g/mol. The molecule has 12 heteroatoms. The summed E-state index contributed by atoms with van der Waals surface area (Å²) in [6, 6.07) is 27.6. The van der Waals surface area contributed by atoms with E-state index in [2.05, 4.69) is 10.0 Å². The summed E-state index contributed by atoms with van der Waals surface area (Å²) in [6.07, 6.45) is -0.0269. The number of amides is 1. The molecule has 5 aromatic rings. The van der Waals surface area contributed by atoms with Gasteiger partial charge >= 0.3 is 5.97 Å². The number of carboxylic acids is 1. The molecule has 0 bridgehead atoms. The number of anilines is 1. The number of hydrogen-bond donors (Lipinski definition) is 4. The molecule has 0 radical (unpaired) electrons. The van der Waals surface area contributed by atoms with Crippen LogP contribution in [0.4, 0.5) is 5.13 Å². The highest BCUT2D eigenvalue weighted by atomic mass is 35.5. The number of sulfonamides is 1. The molecule has 1 amide bonds. The van der Waals surface area contributed by atoms with E-state index in [4.69, 9.17) is 22.3 Å². The van der Waals surface area contributed by atoms with E-state index in [9.17, 15) is 23.1 Å². The van der Waals surface area contributed by atoms with E-state index in [-0.39, 0.29) is 16.9 Å². The van der Waals surface area contributed by atoms with E-state index < -0.39 is 27.9 Å². The van der Waals surface area contributed by atoms with Crippen molar-refractivity contribution in [3.63, 3.8) is 0 Å². The first kappa shape index (κ1) is 31.0. The first-order valence-electron chi connectivity index (χ1n) is 13.4. The molecular formula is C32H27ClN4O5S2. The van der Waals surface area contributed by atoms with Crippen molar-refractivity contribution in [2.24, 2.45) is 5.73 Å². The lowest BCUT2D eigenvalue weighted by atomic mass is 10.1. The highest BCUT2D eigenvalue weighted by Crippen LogP contribution is 2.39. The van der Waals surface area contributed by atoms with Crippen molar-refractivity contribution in [3.05, 3.63) is 125 Å². The lowest BCUT2D eigenvalue weighted by Crippen LogP contribution is -2.42. The molecule has 0 fully saturated rings. The largest absolute Gasteiger partial charge is 0.480 e. The molecule has 1 heterocycles. The fourth-order valence-electron chi connectivity index (χ4n) is 4.40. The molecule has 1 atom stereocenters. The van der Waals surface area contributed by atoms with Gasteiger partial charge < -0.3 is 10.8 Å². The molecule has 44 heavy (non-hydrogen) atoms. The molecule has 0 spiro atoms. The Morgan fingerprint density at radius 2 is 1.50 bits per heavy atom. The van der Waals surface area contributed by atoms with Gasteiger partial charge in [0.25, 0.3) is 5.91 Å². The van der Waals surface area contributed by atoms with Crippen molar-refractivity contribution in [2.45, 2.75) is 23.9 Å². The SMILES string of the molecule is NCc1ccc(-c2sc(NC(=O)c3ccc(S(=O)(=O)NC(Cc4ccccc4)C(=O)O)cc3)nc2-c2ccc(Cl)cc2)cc1. The summed E-state index contributed by atoms with van der Waals surface area (Å²) in [6.45, 7) is 0.415. The number of nitrogens with two attached hydrogens (primary N) is 1. The normalized spacial score (nSPS) is 12.0. The quantitative estimate of drug-likeness (QED) is 0.141. The molecule has 5 N–H and O–H groups in total. The lowest BCUT2D eigenvalue weighted by Gasteiger charge is -2.15. The van der Waals surface area contributed by atoms with Gasteiger partial charge in [-0.15, -0.1) is 0 Å². The van der Waals surface area contributed by atoms with Crippen molar-refractivity contribution in [1.29, 1.82) is 0 Å². The number of halogens is 1. The molecule has 224 valence electrons. The summed E-state index contributed by atoms with van der Waals surface area (Å²) in [5, 5.41) is 13.3. The van der Waals surface area contributed by atoms with Gasteiger partial charge in [0.2, 0.25) is 10.0 Å². The molecule has 1 aromatic heterocycles. The molecule has 0 aliphatic carbocycles. The van der Waals surface area contributed by atoms with Crippen LogP contribution in [0.2, 0.25) is 5.02 Å². The summed E-state index contributed by atoms with van der Waals surface area (Å²) in [5.74, 6) is -1.79. The first-order chi connectivity index (χ1) is 21.1. The van der Waals surface area contributed by atoms with Crippen LogP contribution in [0.3, 0.4) is 0 Å². The van der Waals surface area contributed by atoms with E-state index in [0.29, 0.717) is 28.0 Å². The van der Waals surface area contributed by atoms with Crippen LogP contribution in [0.25, 0.3) is 21.7 Å². The van der Waals surface area contributed by atoms with Gasteiger partial charge in [0.1, 0.15) is 6.04 Å². The van der Waals surface area contributed by atoms with Gasteiger partial charge in [-0.25, -0.2) is 13.4 Å². The minimum atomic E-state index is -4.19. The maximum absolute atomic E-state index is 13.1. The molecule has 0 aliphatic rings. The Hall–Kier alpha value is -4.39. The van der Waals surface area contributed by atoms with Gasteiger partial charge in [-0.3, -0.25) is 14.9 Å². The van der Waals surface area contributed by atoms with Crippen LogP contribution in [0.15, 0.2) is 108 Å². The number of carboxylic acid groups (broad SMARTS) is 1. The number of thiazole rings is 1. The maximum Gasteiger partial charge on any atom is 0.322 e. The number of carbonyl (C=O) groups excluding carboxylic acids is 1. The van der Waals surface area contributed by atoms with Crippen molar-refractivity contribution >= 4 is 50.0 Å². The smallest absolute Gasteiger partial charge is 0.322 e. The fourth-order valence-corrected chi connectivity index (χ4v) is 6.71. The zero-order valence-corrected chi connectivity index (χ0v) is 25.5. The summed E-state index contributed by atoms with van der Waals surface area (Å²) in [5.41, 5.74) is 9.99. The zero-order valence-electron chi connectivity index (χ0n) is 23.1. The Balaban J connectivity index is 1.35. The summed E-state index contributed by atoms with van der Waals surface area (Å²) in [7, 11) is -4.19. The number of aliphatic carboxylic acids is 1. The molecule has 5 rings (SSSR count). The van der Waals surface area contributed by atoms with E-state index in [0.717, 1.165) is 21.6 Å². The number of carbonyl (C=O) groups is 2. The second-order valence-electron chi connectivity index (χ2n) is 9.79. The van der Waals surface area contributed by atoms with Crippen molar-refractivity contribution in [1.82, 2.24) is 9.71 Å². The van der Waals surface area contributed by atoms with E-state index in [1.807, 2.05) is 36.4 Å². The number of rotatable bonds is 11. The fraction of sp³-hybridized carbons (Fsp3) is 0.0938. The molecule has 4 aromatic carbocycles. The van der Waals surface area contributed by atoms with Crippen LogP contribution in [0.1, 0.15) is 21.5 Å². The van der Waals surface area contributed by atoms with Gasteiger partial charge in [-0.1, -0.05) is 89.7 Å². The maximum atomic E-state index is 13.1. The number of nitrogens with zero attached hydrogens (tertiary/aromatic N) is 1. The molecule has 0 saturated carbocycles. The lowest BCUT2D eigenvalue weighted by molar-refractivity contribution is -0.138. The summed E-state index contributed by atoms with van der Waals surface area (Å²) in [4.78, 5) is 30.3. The van der Waals surface area contributed by atoms with Gasteiger partial charge in [-0.05, 0) is 59.5 Å². The Kier molecular flexibility index (Phi) is 9.52. The third kappa shape index (κ3) is 7.39. The second kappa shape index (κ2) is 13.5. The van der Waals surface area contributed by atoms with Gasteiger partial charge in [0.05, 0.1) is 15.5 Å². The van der Waals surface area contributed by atoms with Crippen molar-refractivity contribution in [3.8, 4) is 21.7 Å². The van der Waals surface area contributed by atoms with Gasteiger partial charge in [0, 0.05) is 22.7 Å². The standard InChI is InChI=1S/C32H27ClN4O5S2/c33-25-14-10-22(11-15-25)28-29(23-8-6-21(19-34)7-9-23)43-32(35-28)36-30(38)24-12-16-26(17-13-24)44(41,42)37-27(31(39)40)18-20-4-2-1-3-5-20/h1-17,27,37H,18-19,34H2,(H,39,40)(H,35,36,38). The number of hydrogen-bond acceptors (Lipinski definition) is 7. The third-order valence-corrected chi connectivity index (χ3v) is 9.48. The van der Waals surface area contributed by atoms with E-state index >= 15 is 0 Å². The third-order valence-electron chi connectivity index (χ3n) is 6.72. The molecule has 0 saturated heterocycles. The highest BCUT2D eigenvalue weighted by molar-refractivity contribution is 7.89. The Labute approximate surface area is 263 Å². The summed E-state index contributed by atoms with van der Waals surface area (Å²) < 4.78 is 28.2.